The van der Waals surface area contributed by atoms with E-state index in [1.807, 2.05) is 0 Å². The molecule has 0 saturated heterocycles. The number of nitrogens with one attached hydrogen (secondary N) is 2. The van der Waals surface area contributed by atoms with Gasteiger partial charge in [-0.1, -0.05) is 0 Å². The lowest BCUT2D eigenvalue weighted by Gasteiger charge is -2.06. The number of rotatable bonds is 4. The van der Waals surface area contributed by atoms with Gasteiger partial charge in [-0.3, -0.25) is 9.59 Å². The molecular weight excluding hydrogens is 246 g/mol. The number of anilines is 1. The Balaban J connectivity index is 2.53. The lowest BCUT2D eigenvalue weighted by atomic mass is 10.3. The third-order valence-electron chi connectivity index (χ3n) is 1.98. The molecule has 2 N–H and O–H groups in total. The summed E-state index contributed by atoms with van der Waals surface area (Å²) in [4.78, 5) is 22.6. The topological polar surface area (TPSA) is 67.4 Å². The van der Waals surface area contributed by atoms with Crippen LogP contribution >= 0.6 is 0 Å². The summed E-state index contributed by atoms with van der Waals surface area (Å²) in [7, 11) is 1.45. The first-order valence-corrected chi connectivity index (χ1v) is 5.07. The Morgan fingerprint density at radius 1 is 1.22 bits per heavy atom. The molecule has 0 radical (unpaired) electrons. The molecule has 0 unspecified atom stereocenters. The molecule has 1 aromatic rings. The molecule has 1 rings (SSSR count). The van der Waals surface area contributed by atoms with Crippen LogP contribution in [-0.4, -0.2) is 32.1 Å². The van der Waals surface area contributed by atoms with E-state index < -0.39 is 23.4 Å². The van der Waals surface area contributed by atoms with Gasteiger partial charge in [0.2, 0.25) is 0 Å². The van der Waals surface area contributed by atoms with Gasteiger partial charge in [0, 0.05) is 25.4 Å². The first kappa shape index (κ1) is 14.0. The SMILES string of the molecule is COCCNC(=O)C(=O)Nc1ccc(F)c(F)c1. The highest BCUT2D eigenvalue weighted by Gasteiger charge is 2.13. The summed E-state index contributed by atoms with van der Waals surface area (Å²) in [6.45, 7) is 0.449. The zero-order valence-electron chi connectivity index (χ0n) is 9.63. The van der Waals surface area contributed by atoms with E-state index in [1.165, 1.54) is 7.11 Å². The molecule has 0 aliphatic carbocycles. The van der Waals surface area contributed by atoms with Crippen LogP contribution in [0, 0.1) is 11.6 Å². The van der Waals surface area contributed by atoms with Crippen LogP contribution in [-0.2, 0) is 14.3 Å². The fourth-order valence-electron chi connectivity index (χ4n) is 1.11. The number of hydrogen-bond donors (Lipinski definition) is 2. The molecule has 0 heterocycles. The van der Waals surface area contributed by atoms with E-state index >= 15 is 0 Å². The molecular formula is C11H12F2N2O3. The van der Waals surface area contributed by atoms with Crippen molar-refractivity contribution in [3.8, 4) is 0 Å². The highest BCUT2D eigenvalue weighted by atomic mass is 19.2. The first-order valence-electron chi connectivity index (χ1n) is 5.07. The molecule has 0 aromatic heterocycles. The summed E-state index contributed by atoms with van der Waals surface area (Å²) >= 11 is 0. The van der Waals surface area contributed by atoms with E-state index in [0.717, 1.165) is 18.2 Å². The minimum absolute atomic E-state index is 0.000733. The summed E-state index contributed by atoms with van der Waals surface area (Å²) in [5.74, 6) is -3.97. The predicted molar refractivity (Wildman–Crippen MR) is 59.9 cm³/mol. The van der Waals surface area contributed by atoms with Crippen molar-refractivity contribution in [3.63, 3.8) is 0 Å². The van der Waals surface area contributed by atoms with Gasteiger partial charge < -0.3 is 15.4 Å². The summed E-state index contributed by atoms with van der Waals surface area (Å²) in [6, 6.07) is 2.79. The van der Waals surface area contributed by atoms with Crippen LogP contribution in [0.3, 0.4) is 0 Å². The number of amides is 2. The molecule has 0 spiro atoms. The molecule has 0 saturated carbocycles. The molecule has 18 heavy (non-hydrogen) atoms. The Kier molecular flexibility index (Phi) is 5.19. The summed E-state index contributed by atoms with van der Waals surface area (Å²) in [6.07, 6.45) is 0. The van der Waals surface area contributed by atoms with Crippen LogP contribution in [0.4, 0.5) is 14.5 Å². The lowest BCUT2D eigenvalue weighted by molar-refractivity contribution is -0.136. The van der Waals surface area contributed by atoms with Gasteiger partial charge in [0.1, 0.15) is 0 Å². The highest BCUT2D eigenvalue weighted by molar-refractivity contribution is 6.39. The quantitative estimate of drug-likeness (QED) is 0.616. The smallest absolute Gasteiger partial charge is 0.313 e. The predicted octanol–water partition coefficient (Wildman–Crippen LogP) is 0.666. The maximum Gasteiger partial charge on any atom is 0.313 e. The second kappa shape index (κ2) is 6.65. The third-order valence-corrected chi connectivity index (χ3v) is 1.98. The average Bonchev–Trinajstić information content (AvgIpc) is 2.34. The van der Waals surface area contributed by atoms with E-state index in [2.05, 4.69) is 15.4 Å². The zero-order chi connectivity index (χ0) is 13.5. The highest BCUT2D eigenvalue weighted by Crippen LogP contribution is 2.12. The average molecular weight is 258 g/mol. The van der Waals surface area contributed by atoms with E-state index in [-0.39, 0.29) is 18.8 Å². The molecule has 0 fully saturated rings. The number of carbonyl (C=O) groups excluding carboxylic acids is 2. The maximum absolute atomic E-state index is 12.8. The van der Waals surface area contributed by atoms with Crippen molar-refractivity contribution in [2.45, 2.75) is 0 Å². The normalized spacial score (nSPS) is 9.94. The monoisotopic (exact) mass is 258 g/mol. The number of hydrogen-bond acceptors (Lipinski definition) is 3. The van der Waals surface area contributed by atoms with Crippen molar-refractivity contribution < 1.29 is 23.1 Å². The number of halogens is 2. The van der Waals surface area contributed by atoms with Gasteiger partial charge in [0.15, 0.2) is 11.6 Å². The van der Waals surface area contributed by atoms with Crippen molar-refractivity contribution in [3.05, 3.63) is 29.8 Å². The second-order valence-corrected chi connectivity index (χ2v) is 3.33. The Bertz CT molecular complexity index is 452. The molecule has 7 heteroatoms. The number of methoxy groups -OCH3 is 1. The minimum Gasteiger partial charge on any atom is -0.383 e. The van der Waals surface area contributed by atoms with Gasteiger partial charge in [-0.15, -0.1) is 0 Å². The van der Waals surface area contributed by atoms with Gasteiger partial charge in [-0.25, -0.2) is 8.78 Å². The molecule has 98 valence electrons. The van der Waals surface area contributed by atoms with Gasteiger partial charge in [0.25, 0.3) is 0 Å². The number of ether oxygens (including phenoxy) is 1. The van der Waals surface area contributed by atoms with Crippen LogP contribution in [0.25, 0.3) is 0 Å². The molecule has 0 bridgehead atoms. The largest absolute Gasteiger partial charge is 0.383 e. The van der Waals surface area contributed by atoms with Crippen LogP contribution < -0.4 is 10.6 Å². The Morgan fingerprint density at radius 3 is 2.56 bits per heavy atom. The first-order chi connectivity index (χ1) is 8.54. The van der Waals surface area contributed by atoms with E-state index in [0.29, 0.717) is 0 Å². The number of carbonyl (C=O) groups is 2. The van der Waals surface area contributed by atoms with Gasteiger partial charge in [0.05, 0.1) is 6.61 Å². The second-order valence-electron chi connectivity index (χ2n) is 3.33. The zero-order valence-corrected chi connectivity index (χ0v) is 9.63. The minimum atomic E-state index is -1.10. The molecule has 0 aliphatic rings. The van der Waals surface area contributed by atoms with E-state index in [9.17, 15) is 18.4 Å². The van der Waals surface area contributed by atoms with Crippen molar-refractivity contribution >= 4 is 17.5 Å². The van der Waals surface area contributed by atoms with Gasteiger partial charge >= 0.3 is 11.8 Å². The summed E-state index contributed by atoms with van der Waals surface area (Å²) in [5.41, 5.74) is 0.000733. The molecule has 5 nitrogen and oxygen atoms in total. The Hall–Kier alpha value is -2.02. The number of benzene rings is 1. The molecule has 1 aromatic carbocycles. The van der Waals surface area contributed by atoms with Crippen molar-refractivity contribution in [2.24, 2.45) is 0 Å². The fraction of sp³-hybridized carbons (Fsp3) is 0.273. The summed E-state index contributed by atoms with van der Waals surface area (Å²) in [5, 5.41) is 4.42. The van der Waals surface area contributed by atoms with Crippen molar-refractivity contribution in [1.29, 1.82) is 0 Å². The van der Waals surface area contributed by atoms with Crippen molar-refractivity contribution in [2.75, 3.05) is 25.6 Å². The summed E-state index contributed by atoms with van der Waals surface area (Å²) < 4.78 is 30.1. The standard InChI is InChI=1S/C11H12F2N2O3/c1-18-5-4-14-10(16)11(17)15-7-2-3-8(12)9(13)6-7/h2-3,6H,4-5H2,1H3,(H,14,16)(H,15,17). The third kappa shape index (κ3) is 4.10. The lowest BCUT2D eigenvalue weighted by Crippen LogP contribution is -2.37. The van der Waals surface area contributed by atoms with Gasteiger partial charge in [-0.05, 0) is 12.1 Å². The Morgan fingerprint density at radius 2 is 1.94 bits per heavy atom. The molecule has 2 amide bonds. The van der Waals surface area contributed by atoms with Crippen LogP contribution in [0.15, 0.2) is 18.2 Å². The van der Waals surface area contributed by atoms with Crippen LogP contribution in [0.5, 0.6) is 0 Å². The van der Waals surface area contributed by atoms with E-state index in [4.69, 9.17) is 0 Å². The maximum atomic E-state index is 12.8. The fourth-order valence-corrected chi connectivity index (χ4v) is 1.11. The van der Waals surface area contributed by atoms with Crippen LogP contribution in [0.1, 0.15) is 0 Å². The van der Waals surface area contributed by atoms with Crippen molar-refractivity contribution in [1.82, 2.24) is 5.32 Å². The van der Waals surface area contributed by atoms with Crippen LogP contribution in [0.2, 0.25) is 0 Å². The van der Waals surface area contributed by atoms with Gasteiger partial charge in [-0.2, -0.15) is 0 Å². The Labute approximate surface area is 102 Å². The van der Waals surface area contributed by atoms with E-state index in [1.54, 1.807) is 0 Å². The molecule has 0 atom stereocenters. The molecule has 0 aliphatic heterocycles.